The number of hydrogen-bond acceptors (Lipinski definition) is 5. The number of esters is 2. The molecular formula is C26H42O5. The van der Waals surface area contributed by atoms with Crippen molar-refractivity contribution >= 4 is 11.9 Å². The lowest BCUT2D eigenvalue weighted by Gasteiger charge is -2.61. The summed E-state index contributed by atoms with van der Waals surface area (Å²) < 4.78 is 17.7. The number of ether oxygens (including phenoxy) is 3. The molecule has 5 heteroatoms. The molecule has 31 heavy (non-hydrogen) atoms. The van der Waals surface area contributed by atoms with Gasteiger partial charge in [-0.2, -0.15) is 0 Å². The monoisotopic (exact) mass is 434 g/mol. The second-order valence-corrected chi connectivity index (χ2v) is 11.1. The first-order valence-electron chi connectivity index (χ1n) is 12.1. The van der Waals surface area contributed by atoms with Crippen LogP contribution < -0.4 is 0 Å². The van der Waals surface area contributed by atoms with E-state index in [1.165, 1.54) is 12.7 Å². The number of carbonyl (C=O) groups is 2. The molecule has 3 rings (SSSR count). The molecule has 0 bridgehead atoms. The van der Waals surface area contributed by atoms with Crippen LogP contribution in [-0.2, 0) is 23.8 Å². The van der Waals surface area contributed by atoms with Gasteiger partial charge in [-0.15, -0.1) is 0 Å². The highest BCUT2D eigenvalue weighted by atomic mass is 16.5. The van der Waals surface area contributed by atoms with Gasteiger partial charge in [-0.3, -0.25) is 9.59 Å². The quantitative estimate of drug-likeness (QED) is 0.402. The Hall–Kier alpha value is -1.36. The number of allylic oxidation sites excluding steroid dienone is 1. The average molecular weight is 435 g/mol. The molecule has 0 amide bonds. The molecule has 1 saturated heterocycles. The van der Waals surface area contributed by atoms with Crippen molar-refractivity contribution in [2.75, 3.05) is 13.7 Å². The third-order valence-corrected chi connectivity index (χ3v) is 9.01. The lowest BCUT2D eigenvalue weighted by atomic mass is 9.46. The van der Waals surface area contributed by atoms with E-state index in [1.807, 2.05) is 13.8 Å². The fourth-order valence-electron chi connectivity index (χ4n) is 6.78. The van der Waals surface area contributed by atoms with Gasteiger partial charge in [0.1, 0.15) is 0 Å². The molecular weight excluding hydrogens is 392 g/mol. The summed E-state index contributed by atoms with van der Waals surface area (Å²) in [7, 11) is 1.44. The van der Waals surface area contributed by atoms with Gasteiger partial charge in [0, 0.05) is 10.8 Å². The summed E-state index contributed by atoms with van der Waals surface area (Å²) in [6.45, 7) is 13.3. The lowest BCUT2D eigenvalue weighted by Crippen LogP contribution is -2.60. The standard InChI is InChI=1S/C26H42O5/c1-8-18(2)22(28)30-17-23(4)12-9-13-25(6)20(23)11-10-19(3)26(25)15-14-24(5,31-26)16-21(27)29-7/h10,18,20H,8-9,11-17H2,1-7H3. The van der Waals surface area contributed by atoms with Gasteiger partial charge in [-0.05, 0) is 63.9 Å². The molecule has 0 aromatic rings. The first-order chi connectivity index (χ1) is 14.5. The van der Waals surface area contributed by atoms with Crippen LogP contribution in [0, 0.1) is 22.7 Å². The van der Waals surface area contributed by atoms with Crippen LogP contribution >= 0.6 is 0 Å². The molecule has 6 atom stereocenters. The molecule has 0 N–H and O–H groups in total. The summed E-state index contributed by atoms with van der Waals surface area (Å²) in [5.41, 5.74) is 0.270. The summed E-state index contributed by atoms with van der Waals surface area (Å²) in [5, 5.41) is 0. The zero-order valence-corrected chi connectivity index (χ0v) is 20.6. The highest BCUT2D eigenvalue weighted by Crippen LogP contribution is 2.66. The van der Waals surface area contributed by atoms with Crippen LogP contribution in [0.1, 0.15) is 92.9 Å². The molecule has 2 aliphatic carbocycles. The van der Waals surface area contributed by atoms with Gasteiger partial charge in [0.05, 0.1) is 37.3 Å². The molecule has 176 valence electrons. The van der Waals surface area contributed by atoms with Crippen molar-refractivity contribution in [3.63, 3.8) is 0 Å². The van der Waals surface area contributed by atoms with Gasteiger partial charge >= 0.3 is 11.9 Å². The molecule has 1 saturated carbocycles. The lowest BCUT2D eigenvalue weighted by molar-refractivity contribution is -0.202. The second-order valence-electron chi connectivity index (χ2n) is 11.1. The molecule has 1 heterocycles. The summed E-state index contributed by atoms with van der Waals surface area (Å²) in [5.74, 6) is -0.00147. The van der Waals surface area contributed by atoms with E-state index in [-0.39, 0.29) is 40.7 Å². The Morgan fingerprint density at radius 3 is 2.55 bits per heavy atom. The van der Waals surface area contributed by atoms with Crippen molar-refractivity contribution in [1.82, 2.24) is 0 Å². The Kier molecular flexibility index (Phi) is 6.68. The predicted octanol–water partition coefficient (Wildman–Crippen LogP) is 5.61. The predicted molar refractivity (Wildman–Crippen MR) is 120 cm³/mol. The summed E-state index contributed by atoms with van der Waals surface area (Å²) in [4.78, 5) is 24.5. The van der Waals surface area contributed by atoms with Crippen molar-refractivity contribution in [2.24, 2.45) is 22.7 Å². The van der Waals surface area contributed by atoms with Crippen molar-refractivity contribution in [2.45, 2.75) is 104 Å². The molecule has 1 aliphatic heterocycles. The van der Waals surface area contributed by atoms with Crippen molar-refractivity contribution in [1.29, 1.82) is 0 Å². The highest BCUT2D eigenvalue weighted by molar-refractivity contribution is 5.72. The van der Waals surface area contributed by atoms with Crippen LogP contribution in [0.4, 0.5) is 0 Å². The Bertz CT molecular complexity index is 744. The van der Waals surface area contributed by atoms with E-state index in [1.54, 1.807) is 0 Å². The Morgan fingerprint density at radius 1 is 1.19 bits per heavy atom. The normalized spacial score (nSPS) is 40.7. The van der Waals surface area contributed by atoms with Gasteiger partial charge in [0.2, 0.25) is 0 Å². The topological polar surface area (TPSA) is 61.8 Å². The second kappa shape index (κ2) is 8.53. The number of fused-ring (bicyclic) bond motifs is 2. The summed E-state index contributed by atoms with van der Waals surface area (Å²) in [6.07, 6.45) is 9.41. The van der Waals surface area contributed by atoms with Gasteiger partial charge in [0.25, 0.3) is 0 Å². The van der Waals surface area contributed by atoms with E-state index in [2.05, 4.69) is 33.8 Å². The Balaban J connectivity index is 1.88. The zero-order chi connectivity index (χ0) is 23.1. The SMILES string of the molecule is CCC(C)C(=O)OCC1(C)CCCC2(C)C1CC=C(C)C21CCC(C)(CC(=O)OC)O1. The fraction of sp³-hybridized carbons (Fsp3) is 0.846. The molecule has 0 aromatic carbocycles. The summed E-state index contributed by atoms with van der Waals surface area (Å²) in [6, 6.07) is 0. The van der Waals surface area contributed by atoms with Gasteiger partial charge in [-0.25, -0.2) is 0 Å². The fourth-order valence-corrected chi connectivity index (χ4v) is 6.78. The zero-order valence-electron chi connectivity index (χ0n) is 20.6. The van der Waals surface area contributed by atoms with Gasteiger partial charge < -0.3 is 14.2 Å². The number of carbonyl (C=O) groups excluding carboxylic acids is 2. The maximum Gasteiger partial charge on any atom is 0.308 e. The van der Waals surface area contributed by atoms with Crippen molar-refractivity contribution in [3.8, 4) is 0 Å². The van der Waals surface area contributed by atoms with Gasteiger partial charge in [-0.1, -0.05) is 40.2 Å². The molecule has 1 spiro atoms. The van der Waals surface area contributed by atoms with E-state index in [0.717, 1.165) is 44.9 Å². The third kappa shape index (κ3) is 4.07. The van der Waals surface area contributed by atoms with Gasteiger partial charge in [0.15, 0.2) is 0 Å². The Morgan fingerprint density at radius 2 is 1.90 bits per heavy atom. The van der Waals surface area contributed by atoms with E-state index < -0.39 is 5.60 Å². The van der Waals surface area contributed by atoms with Crippen LogP contribution in [0.25, 0.3) is 0 Å². The minimum absolute atomic E-state index is 0.0596. The van der Waals surface area contributed by atoms with E-state index in [9.17, 15) is 9.59 Å². The number of rotatable bonds is 6. The van der Waals surface area contributed by atoms with Crippen molar-refractivity contribution < 1.29 is 23.8 Å². The third-order valence-electron chi connectivity index (χ3n) is 9.01. The molecule has 5 nitrogen and oxygen atoms in total. The van der Waals surface area contributed by atoms with E-state index >= 15 is 0 Å². The molecule has 2 fully saturated rings. The van der Waals surface area contributed by atoms with Crippen LogP contribution in [0.5, 0.6) is 0 Å². The number of hydrogen-bond donors (Lipinski definition) is 0. The minimum Gasteiger partial charge on any atom is -0.469 e. The first-order valence-corrected chi connectivity index (χ1v) is 12.1. The van der Waals surface area contributed by atoms with E-state index in [4.69, 9.17) is 14.2 Å². The first kappa shape index (κ1) is 24.3. The van der Waals surface area contributed by atoms with E-state index in [0.29, 0.717) is 12.5 Å². The number of methoxy groups -OCH3 is 1. The maximum atomic E-state index is 12.4. The molecule has 3 aliphatic rings. The van der Waals surface area contributed by atoms with Crippen LogP contribution in [0.15, 0.2) is 11.6 Å². The van der Waals surface area contributed by atoms with Crippen LogP contribution in [0.3, 0.4) is 0 Å². The molecule has 0 aromatic heterocycles. The smallest absolute Gasteiger partial charge is 0.308 e. The maximum absolute atomic E-state index is 12.4. The largest absolute Gasteiger partial charge is 0.469 e. The molecule has 6 unspecified atom stereocenters. The summed E-state index contributed by atoms with van der Waals surface area (Å²) >= 11 is 0. The minimum atomic E-state index is -0.510. The molecule has 0 radical (unpaired) electrons. The van der Waals surface area contributed by atoms with Crippen molar-refractivity contribution in [3.05, 3.63) is 11.6 Å². The Labute approximate surface area is 188 Å². The van der Waals surface area contributed by atoms with Crippen LogP contribution in [-0.4, -0.2) is 36.9 Å². The average Bonchev–Trinajstić information content (AvgIpc) is 3.08. The highest BCUT2D eigenvalue weighted by Gasteiger charge is 2.65. The van der Waals surface area contributed by atoms with Crippen LogP contribution in [0.2, 0.25) is 0 Å².